The fourth-order valence-electron chi connectivity index (χ4n) is 4.24. The number of ether oxygens (including phenoxy) is 4. The lowest BCUT2D eigenvalue weighted by atomic mass is 9.96. The number of aromatic nitrogens is 2. The summed E-state index contributed by atoms with van der Waals surface area (Å²) in [7, 11) is 4.42. The lowest BCUT2D eigenvalue weighted by molar-refractivity contribution is -0.142. The SMILES string of the molecule is COC(=O)COc1c(Br)cc(C=Nn2c(-c3cc(C(C)C)c(OC)cc3C)nc3ccccc3c2=O)cc1OC. The molecule has 0 unspecified atom stereocenters. The molecule has 208 valence electrons. The molecular formula is C30H30BrN3O6. The highest BCUT2D eigenvalue weighted by molar-refractivity contribution is 9.10. The summed E-state index contributed by atoms with van der Waals surface area (Å²) in [6.07, 6.45) is 1.54. The first-order chi connectivity index (χ1) is 19.2. The third kappa shape index (κ3) is 5.86. The van der Waals surface area contributed by atoms with Crippen LogP contribution >= 0.6 is 15.9 Å². The number of esters is 1. The number of aryl methyl sites for hydroxylation is 1. The zero-order chi connectivity index (χ0) is 29.0. The summed E-state index contributed by atoms with van der Waals surface area (Å²) >= 11 is 3.47. The summed E-state index contributed by atoms with van der Waals surface area (Å²) in [5, 5.41) is 5.04. The summed E-state index contributed by atoms with van der Waals surface area (Å²) < 4.78 is 23.1. The number of nitrogens with zero attached hydrogens (tertiary/aromatic N) is 3. The number of methoxy groups -OCH3 is 3. The van der Waals surface area contributed by atoms with Crippen molar-refractivity contribution in [3.8, 4) is 28.6 Å². The second kappa shape index (κ2) is 12.3. The van der Waals surface area contributed by atoms with Gasteiger partial charge in [-0.2, -0.15) is 9.78 Å². The Morgan fingerprint density at radius 1 is 1.07 bits per heavy atom. The normalized spacial score (nSPS) is 11.3. The molecule has 1 aromatic heterocycles. The first-order valence-corrected chi connectivity index (χ1v) is 13.3. The van der Waals surface area contributed by atoms with Crippen LogP contribution in [-0.4, -0.2) is 49.8 Å². The molecular weight excluding hydrogens is 578 g/mol. The zero-order valence-electron chi connectivity index (χ0n) is 23.1. The molecule has 9 nitrogen and oxygen atoms in total. The molecule has 3 aromatic carbocycles. The maximum atomic E-state index is 13.7. The molecule has 1 heterocycles. The van der Waals surface area contributed by atoms with Crippen LogP contribution in [0.1, 0.15) is 36.5 Å². The highest BCUT2D eigenvalue weighted by atomic mass is 79.9. The van der Waals surface area contributed by atoms with Gasteiger partial charge in [-0.1, -0.05) is 26.0 Å². The van der Waals surface area contributed by atoms with Crippen molar-refractivity contribution in [2.24, 2.45) is 5.10 Å². The quantitative estimate of drug-likeness (QED) is 0.177. The van der Waals surface area contributed by atoms with Crippen LogP contribution < -0.4 is 19.8 Å². The third-order valence-corrected chi connectivity index (χ3v) is 6.92. The number of halogens is 1. The number of para-hydroxylation sites is 1. The molecule has 0 aliphatic carbocycles. The van der Waals surface area contributed by atoms with E-state index in [0.717, 1.165) is 22.4 Å². The number of rotatable bonds is 9. The molecule has 4 aromatic rings. The molecule has 0 radical (unpaired) electrons. The smallest absolute Gasteiger partial charge is 0.343 e. The molecule has 0 spiro atoms. The van der Waals surface area contributed by atoms with Crippen LogP contribution in [0.25, 0.3) is 22.3 Å². The first-order valence-electron chi connectivity index (χ1n) is 12.5. The minimum absolute atomic E-state index is 0.183. The van der Waals surface area contributed by atoms with Gasteiger partial charge in [0.25, 0.3) is 5.56 Å². The van der Waals surface area contributed by atoms with Gasteiger partial charge in [0.1, 0.15) is 5.75 Å². The van der Waals surface area contributed by atoms with E-state index in [2.05, 4.69) is 39.6 Å². The predicted molar refractivity (Wildman–Crippen MR) is 158 cm³/mol. The van der Waals surface area contributed by atoms with E-state index in [-0.39, 0.29) is 18.1 Å². The molecule has 0 bridgehead atoms. The van der Waals surface area contributed by atoms with Crippen LogP contribution in [0.5, 0.6) is 17.2 Å². The standard InChI is InChI=1S/C30H30BrN3O6/c1-17(2)21-14-22(18(3)11-25(21)37-4)29-33-24-10-8-7-9-20(24)30(36)34(29)32-15-19-12-23(31)28(26(13-19)38-5)40-16-27(35)39-6/h7-15,17H,16H2,1-6H3. The second-order valence-corrected chi connectivity index (χ2v) is 10.1. The summed E-state index contributed by atoms with van der Waals surface area (Å²) in [6.45, 7) is 5.84. The van der Waals surface area contributed by atoms with E-state index in [1.807, 2.05) is 31.2 Å². The molecule has 0 aliphatic heterocycles. The van der Waals surface area contributed by atoms with Crippen LogP contribution in [0.2, 0.25) is 0 Å². The van der Waals surface area contributed by atoms with Gasteiger partial charge in [0.15, 0.2) is 23.9 Å². The maximum absolute atomic E-state index is 13.7. The molecule has 0 fully saturated rings. The van der Waals surface area contributed by atoms with Crippen molar-refractivity contribution < 1.29 is 23.7 Å². The summed E-state index contributed by atoms with van der Waals surface area (Å²) in [5.74, 6) is 1.56. The van der Waals surface area contributed by atoms with Crippen LogP contribution in [0.3, 0.4) is 0 Å². The fourth-order valence-corrected chi connectivity index (χ4v) is 4.82. The minimum atomic E-state index is -0.523. The number of hydrogen-bond donors (Lipinski definition) is 0. The molecule has 40 heavy (non-hydrogen) atoms. The first kappa shape index (κ1) is 28.8. The highest BCUT2D eigenvalue weighted by Gasteiger charge is 2.19. The van der Waals surface area contributed by atoms with Crippen LogP contribution in [0, 0.1) is 6.92 Å². The summed E-state index contributed by atoms with van der Waals surface area (Å²) in [6, 6.07) is 14.6. The second-order valence-electron chi connectivity index (χ2n) is 9.28. The number of benzene rings is 3. The predicted octanol–water partition coefficient (Wildman–Crippen LogP) is 5.71. The van der Waals surface area contributed by atoms with Crippen molar-refractivity contribution in [3.63, 3.8) is 0 Å². The summed E-state index contributed by atoms with van der Waals surface area (Å²) in [5.41, 5.74) is 3.56. The van der Waals surface area contributed by atoms with E-state index in [4.69, 9.17) is 19.2 Å². The Kier molecular flexibility index (Phi) is 8.89. The lowest BCUT2D eigenvalue weighted by Crippen LogP contribution is -2.21. The van der Waals surface area contributed by atoms with Gasteiger partial charge >= 0.3 is 5.97 Å². The van der Waals surface area contributed by atoms with Gasteiger partial charge < -0.3 is 18.9 Å². The van der Waals surface area contributed by atoms with Crippen LogP contribution in [0.15, 0.2) is 62.9 Å². The molecule has 0 saturated heterocycles. The summed E-state index contributed by atoms with van der Waals surface area (Å²) in [4.78, 5) is 30.1. The van der Waals surface area contributed by atoms with E-state index >= 15 is 0 Å². The van der Waals surface area contributed by atoms with Crippen LogP contribution in [-0.2, 0) is 9.53 Å². The van der Waals surface area contributed by atoms with Gasteiger partial charge in [-0.25, -0.2) is 9.78 Å². The Labute approximate surface area is 240 Å². The maximum Gasteiger partial charge on any atom is 0.343 e. The number of carbonyl (C=O) groups excluding carboxylic acids is 1. The molecule has 4 rings (SSSR count). The number of carbonyl (C=O) groups is 1. The van der Waals surface area contributed by atoms with Crippen molar-refractivity contribution in [3.05, 3.63) is 80.0 Å². The Hall–Kier alpha value is -4.18. The van der Waals surface area contributed by atoms with E-state index in [0.29, 0.717) is 38.3 Å². The van der Waals surface area contributed by atoms with Gasteiger partial charge in [-0.05, 0) is 81.9 Å². The largest absolute Gasteiger partial charge is 0.496 e. The molecule has 10 heteroatoms. The highest BCUT2D eigenvalue weighted by Crippen LogP contribution is 2.37. The van der Waals surface area contributed by atoms with Gasteiger partial charge in [0, 0.05) is 5.56 Å². The topological polar surface area (TPSA) is 101 Å². The Bertz CT molecular complexity index is 1660. The Balaban J connectivity index is 1.87. The fraction of sp³-hybridized carbons (Fsp3) is 0.267. The molecule has 0 amide bonds. The molecule has 0 saturated carbocycles. The number of hydrogen-bond acceptors (Lipinski definition) is 8. The van der Waals surface area contributed by atoms with E-state index < -0.39 is 5.97 Å². The van der Waals surface area contributed by atoms with Gasteiger partial charge in [-0.15, -0.1) is 0 Å². The van der Waals surface area contributed by atoms with Gasteiger partial charge in [0.2, 0.25) is 0 Å². The van der Waals surface area contributed by atoms with Crippen molar-refractivity contribution >= 4 is 39.0 Å². The van der Waals surface area contributed by atoms with Crippen molar-refractivity contribution in [1.82, 2.24) is 9.66 Å². The van der Waals surface area contributed by atoms with Crippen LogP contribution in [0.4, 0.5) is 0 Å². The van der Waals surface area contributed by atoms with Crippen molar-refractivity contribution in [2.45, 2.75) is 26.7 Å². The average Bonchev–Trinajstić information content (AvgIpc) is 2.95. The van der Waals surface area contributed by atoms with Gasteiger partial charge in [0.05, 0.1) is 42.9 Å². The Morgan fingerprint density at radius 2 is 1.80 bits per heavy atom. The van der Waals surface area contributed by atoms with Crippen molar-refractivity contribution in [2.75, 3.05) is 27.9 Å². The monoisotopic (exact) mass is 607 g/mol. The third-order valence-electron chi connectivity index (χ3n) is 6.33. The molecule has 0 aliphatic rings. The molecule has 0 N–H and O–H groups in total. The van der Waals surface area contributed by atoms with E-state index in [9.17, 15) is 9.59 Å². The Morgan fingerprint density at radius 3 is 2.48 bits per heavy atom. The minimum Gasteiger partial charge on any atom is -0.496 e. The van der Waals surface area contributed by atoms with E-state index in [1.54, 1.807) is 37.6 Å². The zero-order valence-corrected chi connectivity index (χ0v) is 24.7. The molecule has 0 atom stereocenters. The lowest BCUT2D eigenvalue weighted by Gasteiger charge is -2.17. The average molecular weight is 608 g/mol. The van der Waals surface area contributed by atoms with Gasteiger partial charge in [-0.3, -0.25) is 4.79 Å². The van der Waals surface area contributed by atoms with Crippen molar-refractivity contribution in [1.29, 1.82) is 0 Å². The number of fused-ring (bicyclic) bond motifs is 1. The van der Waals surface area contributed by atoms with E-state index in [1.165, 1.54) is 18.9 Å².